The molecule has 0 bridgehead atoms. The average molecular weight is 385 g/mol. The summed E-state index contributed by atoms with van der Waals surface area (Å²) in [5.41, 5.74) is 1.21. The maximum atomic E-state index is 6.26. The lowest BCUT2D eigenvalue weighted by Gasteiger charge is -2.18. The van der Waals surface area contributed by atoms with Gasteiger partial charge in [-0.1, -0.05) is 52.7 Å². The molecule has 2 rings (SSSR count). The van der Waals surface area contributed by atoms with Crippen molar-refractivity contribution in [2.24, 2.45) is 0 Å². The van der Waals surface area contributed by atoms with Crippen LogP contribution in [0, 0.1) is 0 Å². The molecule has 0 saturated heterocycles. The van der Waals surface area contributed by atoms with Gasteiger partial charge < -0.3 is 5.32 Å². The van der Waals surface area contributed by atoms with Crippen molar-refractivity contribution in [3.05, 3.63) is 63.6 Å². The number of hydrogen-bond donors (Lipinski definition) is 1. The minimum absolute atomic E-state index is 0.420. The topological polar surface area (TPSA) is 12.0 Å². The van der Waals surface area contributed by atoms with Gasteiger partial charge in [0.15, 0.2) is 0 Å². The predicted octanol–water partition coefficient (Wildman–Crippen LogP) is 5.42. The van der Waals surface area contributed by atoms with E-state index in [9.17, 15) is 0 Å². The van der Waals surface area contributed by atoms with Gasteiger partial charge in [0.05, 0.1) is 0 Å². The van der Waals surface area contributed by atoms with Gasteiger partial charge in [-0.25, -0.2) is 0 Å². The lowest BCUT2D eigenvalue weighted by Crippen LogP contribution is -2.33. The van der Waals surface area contributed by atoms with Gasteiger partial charge in [-0.15, -0.1) is 11.8 Å². The smallest absolute Gasteiger partial charge is 0.0438 e. The molecule has 0 aromatic heterocycles. The molecule has 1 atom stereocenters. The number of likely N-dealkylation sites (N-methyl/N-ethyl adjacent to an activating group) is 1. The van der Waals surface area contributed by atoms with E-state index in [4.69, 9.17) is 11.6 Å². The maximum Gasteiger partial charge on any atom is 0.0438 e. The van der Waals surface area contributed by atoms with E-state index in [-0.39, 0.29) is 0 Å². The fourth-order valence-corrected chi connectivity index (χ4v) is 3.57. The summed E-state index contributed by atoms with van der Waals surface area (Å²) in [6, 6.07) is 17.0. The molecule has 1 nitrogen and oxygen atoms in total. The van der Waals surface area contributed by atoms with E-state index in [2.05, 4.69) is 58.5 Å². The number of nitrogens with one attached hydrogen (secondary N) is 1. The van der Waals surface area contributed by atoms with E-state index in [0.29, 0.717) is 6.04 Å². The SMILES string of the molecule is CCNC(CSc1ccc(Br)cc1)Cc1ccccc1Cl. The van der Waals surface area contributed by atoms with E-state index in [0.717, 1.165) is 28.2 Å². The van der Waals surface area contributed by atoms with Crippen molar-refractivity contribution in [3.8, 4) is 0 Å². The highest BCUT2D eigenvalue weighted by atomic mass is 79.9. The van der Waals surface area contributed by atoms with Crippen LogP contribution in [0.15, 0.2) is 57.9 Å². The Bertz CT molecular complexity index is 559. The van der Waals surface area contributed by atoms with E-state index in [1.807, 2.05) is 30.0 Å². The molecule has 0 spiro atoms. The molecule has 0 aliphatic carbocycles. The highest BCUT2D eigenvalue weighted by Gasteiger charge is 2.11. The Morgan fingerprint density at radius 2 is 1.86 bits per heavy atom. The van der Waals surface area contributed by atoms with Crippen LogP contribution in [0.5, 0.6) is 0 Å². The number of benzene rings is 2. The van der Waals surface area contributed by atoms with Crippen LogP contribution in [0.1, 0.15) is 12.5 Å². The molecule has 1 unspecified atom stereocenters. The Morgan fingerprint density at radius 3 is 2.52 bits per heavy atom. The van der Waals surface area contributed by atoms with Crippen LogP contribution in [0.25, 0.3) is 0 Å². The van der Waals surface area contributed by atoms with Crippen LogP contribution >= 0.6 is 39.3 Å². The first-order valence-corrected chi connectivity index (χ1v) is 9.20. The van der Waals surface area contributed by atoms with Crippen molar-refractivity contribution < 1.29 is 0 Å². The van der Waals surface area contributed by atoms with Gasteiger partial charge in [-0.05, 0) is 48.9 Å². The second-order valence-corrected chi connectivity index (χ2v) is 7.23. The van der Waals surface area contributed by atoms with E-state index < -0.39 is 0 Å². The molecule has 0 aliphatic rings. The van der Waals surface area contributed by atoms with Gasteiger partial charge >= 0.3 is 0 Å². The molecule has 2 aromatic carbocycles. The third-order valence-electron chi connectivity index (χ3n) is 3.18. The molecule has 0 radical (unpaired) electrons. The van der Waals surface area contributed by atoms with Crippen LogP contribution in [-0.4, -0.2) is 18.3 Å². The first-order valence-electron chi connectivity index (χ1n) is 7.04. The summed E-state index contributed by atoms with van der Waals surface area (Å²) in [7, 11) is 0. The molecular formula is C17H19BrClNS. The van der Waals surface area contributed by atoms with Crippen LogP contribution in [0.4, 0.5) is 0 Å². The number of hydrogen-bond acceptors (Lipinski definition) is 2. The first kappa shape index (κ1) is 16.9. The predicted molar refractivity (Wildman–Crippen MR) is 97.5 cm³/mol. The van der Waals surface area contributed by atoms with Gasteiger partial charge in [-0.3, -0.25) is 0 Å². The second kappa shape index (κ2) is 8.84. The Hall–Kier alpha value is -0.480. The molecular weight excluding hydrogens is 366 g/mol. The molecule has 0 heterocycles. The maximum absolute atomic E-state index is 6.26. The van der Waals surface area contributed by atoms with Crippen molar-refractivity contribution in [1.29, 1.82) is 0 Å². The summed E-state index contributed by atoms with van der Waals surface area (Å²) in [4.78, 5) is 1.29. The molecule has 1 N–H and O–H groups in total. The summed E-state index contributed by atoms with van der Waals surface area (Å²) in [6.07, 6.45) is 0.955. The molecule has 4 heteroatoms. The van der Waals surface area contributed by atoms with Crippen molar-refractivity contribution in [2.45, 2.75) is 24.3 Å². The lowest BCUT2D eigenvalue weighted by molar-refractivity contribution is 0.573. The monoisotopic (exact) mass is 383 g/mol. The summed E-state index contributed by atoms with van der Waals surface area (Å²) in [6.45, 7) is 3.11. The zero-order chi connectivity index (χ0) is 15.1. The third kappa shape index (κ3) is 5.67. The normalized spacial score (nSPS) is 12.3. The van der Waals surface area contributed by atoms with Crippen LogP contribution in [0.2, 0.25) is 5.02 Å². The summed E-state index contributed by atoms with van der Waals surface area (Å²) >= 11 is 11.6. The quantitative estimate of drug-likeness (QED) is 0.640. The highest BCUT2D eigenvalue weighted by Crippen LogP contribution is 2.23. The van der Waals surface area contributed by atoms with Crippen LogP contribution < -0.4 is 5.32 Å². The fraction of sp³-hybridized carbons (Fsp3) is 0.294. The van der Waals surface area contributed by atoms with E-state index in [1.165, 1.54) is 10.5 Å². The number of rotatable bonds is 7. The number of thioether (sulfide) groups is 1. The zero-order valence-corrected chi connectivity index (χ0v) is 15.1. The van der Waals surface area contributed by atoms with Crippen molar-refractivity contribution in [2.75, 3.05) is 12.3 Å². The fourth-order valence-electron chi connectivity index (χ4n) is 2.14. The minimum Gasteiger partial charge on any atom is -0.313 e. The van der Waals surface area contributed by atoms with E-state index >= 15 is 0 Å². The van der Waals surface area contributed by atoms with Crippen LogP contribution in [-0.2, 0) is 6.42 Å². The molecule has 0 saturated carbocycles. The Kier molecular flexibility index (Phi) is 7.11. The molecule has 0 amide bonds. The standard InChI is InChI=1S/C17H19BrClNS/c1-2-20-15(11-13-5-3-4-6-17(13)19)12-21-16-9-7-14(18)8-10-16/h3-10,15,20H,2,11-12H2,1H3. The molecule has 2 aromatic rings. The molecule has 112 valence electrons. The van der Waals surface area contributed by atoms with Gasteiger partial charge in [0, 0.05) is 26.2 Å². The van der Waals surface area contributed by atoms with Gasteiger partial charge in [0.2, 0.25) is 0 Å². The van der Waals surface area contributed by atoms with E-state index in [1.54, 1.807) is 0 Å². The van der Waals surface area contributed by atoms with Gasteiger partial charge in [0.1, 0.15) is 0 Å². The summed E-state index contributed by atoms with van der Waals surface area (Å²) in [5, 5.41) is 4.41. The van der Waals surface area contributed by atoms with Crippen molar-refractivity contribution in [1.82, 2.24) is 5.32 Å². The largest absolute Gasteiger partial charge is 0.313 e. The zero-order valence-electron chi connectivity index (χ0n) is 12.0. The first-order chi connectivity index (χ1) is 10.2. The van der Waals surface area contributed by atoms with Gasteiger partial charge in [0.25, 0.3) is 0 Å². The number of halogens is 2. The second-order valence-electron chi connectivity index (χ2n) is 4.82. The van der Waals surface area contributed by atoms with Crippen molar-refractivity contribution in [3.63, 3.8) is 0 Å². The lowest BCUT2D eigenvalue weighted by atomic mass is 10.1. The molecule has 0 fully saturated rings. The molecule has 0 aliphatic heterocycles. The van der Waals surface area contributed by atoms with Crippen molar-refractivity contribution >= 4 is 39.3 Å². The minimum atomic E-state index is 0.420. The molecule has 21 heavy (non-hydrogen) atoms. The van der Waals surface area contributed by atoms with Gasteiger partial charge in [-0.2, -0.15) is 0 Å². The average Bonchev–Trinajstić information content (AvgIpc) is 2.49. The Labute approximate surface area is 144 Å². The Morgan fingerprint density at radius 1 is 1.14 bits per heavy atom. The summed E-state index contributed by atoms with van der Waals surface area (Å²) in [5.74, 6) is 1.03. The highest BCUT2D eigenvalue weighted by molar-refractivity contribution is 9.10. The Balaban J connectivity index is 1.95. The summed E-state index contributed by atoms with van der Waals surface area (Å²) < 4.78 is 1.12. The van der Waals surface area contributed by atoms with Crippen LogP contribution in [0.3, 0.4) is 0 Å². The third-order valence-corrected chi connectivity index (χ3v) is 5.25.